The van der Waals surface area contributed by atoms with Crippen molar-refractivity contribution in [2.45, 2.75) is 48.1 Å². The Morgan fingerprint density at radius 3 is 1.71 bits per heavy atom. The fourth-order valence-corrected chi connectivity index (χ4v) is 9.42. The SMILES string of the molecule is Cc1cc(C)c([P+](/C=C/c2ccccc2)(NN=NCc2ccc(Cl)cc2)c2c(C)cc(C)cc2C)c(C)c1. The summed E-state index contributed by atoms with van der Waals surface area (Å²) in [5, 5.41) is 16.3. The van der Waals surface area contributed by atoms with Crippen molar-refractivity contribution in [1.82, 2.24) is 5.20 Å². The Kier molecular flexibility index (Phi) is 8.82. The monoisotopic (exact) mass is 540 g/mol. The number of benzene rings is 4. The van der Waals surface area contributed by atoms with Crippen LogP contribution in [0.15, 0.2) is 95.0 Å². The highest BCUT2D eigenvalue weighted by Gasteiger charge is 2.47. The molecule has 0 radical (unpaired) electrons. The molecule has 0 saturated heterocycles. The van der Waals surface area contributed by atoms with E-state index in [0.29, 0.717) is 6.54 Å². The van der Waals surface area contributed by atoms with Crippen molar-refractivity contribution in [2.75, 3.05) is 0 Å². The molecule has 0 aliphatic heterocycles. The molecule has 194 valence electrons. The van der Waals surface area contributed by atoms with Gasteiger partial charge in [-0.3, -0.25) is 0 Å². The van der Waals surface area contributed by atoms with Gasteiger partial charge in [-0.25, -0.2) is 0 Å². The predicted molar refractivity (Wildman–Crippen MR) is 166 cm³/mol. The lowest BCUT2D eigenvalue weighted by Crippen LogP contribution is -2.35. The van der Waals surface area contributed by atoms with Crippen molar-refractivity contribution in [3.05, 3.63) is 134 Å². The summed E-state index contributed by atoms with van der Waals surface area (Å²) in [5.41, 5.74) is 9.77. The molecule has 0 amide bonds. The Labute approximate surface area is 233 Å². The molecule has 3 nitrogen and oxygen atoms in total. The third-order valence-corrected chi connectivity index (χ3v) is 10.8. The summed E-state index contributed by atoms with van der Waals surface area (Å²) < 4.78 is 0. The van der Waals surface area contributed by atoms with E-state index in [0.717, 1.165) is 16.1 Å². The van der Waals surface area contributed by atoms with E-state index in [4.69, 9.17) is 11.6 Å². The molecule has 0 spiro atoms. The van der Waals surface area contributed by atoms with Gasteiger partial charge in [0.1, 0.15) is 10.6 Å². The first-order chi connectivity index (χ1) is 18.2. The summed E-state index contributed by atoms with van der Waals surface area (Å²) in [5.74, 6) is 2.36. The van der Waals surface area contributed by atoms with Gasteiger partial charge in [0.25, 0.3) is 0 Å². The van der Waals surface area contributed by atoms with Crippen LogP contribution in [0.1, 0.15) is 44.5 Å². The standard InChI is InChI=1S/C33H36ClN3P/c1-23-18-25(3)32(26(4)19-23)38(17-16-29-10-8-7-9-11-29,33-27(5)20-24(2)21-28(33)6)37-36-35-22-30-12-14-31(34)15-13-30/h7-21H,22H2,1-6H3,(H,35,37)/q+1/b17-16+. The highest BCUT2D eigenvalue weighted by molar-refractivity contribution is 7.90. The Hall–Kier alpha value is -3.26. The smallest absolute Gasteiger partial charge is 0.163 e. The quantitative estimate of drug-likeness (QED) is 0.135. The van der Waals surface area contributed by atoms with Crippen LogP contribution in [-0.4, -0.2) is 0 Å². The topological polar surface area (TPSA) is 36.8 Å². The molecule has 0 aliphatic rings. The van der Waals surface area contributed by atoms with Gasteiger partial charge in [-0.15, -0.1) is 0 Å². The summed E-state index contributed by atoms with van der Waals surface area (Å²) >= 11 is 6.07. The van der Waals surface area contributed by atoms with Gasteiger partial charge in [-0.05, 0) is 98.4 Å². The molecule has 0 bridgehead atoms. The predicted octanol–water partition coefficient (Wildman–Crippen LogP) is 8.90. The average molecular weight is 541 g/mol. The van der Waals surface area contributed by atoms with Crippen LogP contribution in [0.5, 0.6) is 0 Å². The van der Waals surface area contributed by atoms with Crippen LogP contribution in [-0.2, 0) is 6.54 Å². The van der Waals surface area contributed by atoms with Crippen LogP contribution in [0.2, 0.25) is 5.02 Å². The van der Waals surface area contributed by atoms with Gasteiger partial charge in [0.05, 0.1) is 12.4 Å². The number of hydrogen-bond acceptors (Lipinski definition) is 2. The van der Waals surface area contributed by atoms with Crippen molar-refractivity contribution in [1.29, 1.82) is 0 Å². The molecule has 0 heterocycles. The molecule has 5 heteroatoms. The highest BCUT2D eigenvalue weighted by atomic mass is 35.5. The second-order valence-electron chi connectivity index (χ2n) is 10.1. The van der Waals surface area contributed by atoms with Crippen molar-refractivity contribution < 1.29 is 0 Å². The molecule has 0 fully saturated rings. The summed E-state index contributed by atoms with van der Waals surface area (Å²) in [4.78, 5) is 0. The van der Waals surface area contributed by atoms with Gasteiger partial charge >= 0.3 is 0 Å². The zero-order valence-electron chi connectivity index (χ0n) is 23.1. The first-order valence-electron chi connectivity index (χ1n) is 12.9. The lowest BCUT2D eigenvalue weighted by molar-refractivity contribution is 0.844. The molecular formula is C33H36ClN3P+. The largest absolute Gasteiger partial charge is 0.214 e. The number of nitrogens with one attached hydrogen (secondary N) is 1. The van der Waals surface area contributed by atoms with E-state index in [1.54, 1.807) is 0 Å². The van der Waals surface area contributed by atoms with Gasteiger partial charge in [0.15, 0.2) is 0 Å². The van der Waals surface area contributed by atoms with Gasteiger partial charge in [-0.1, -0.05) is 89.5 Å². The average Bonchev–Trinajstić information content (AvgIpc) is 2.85. The molecule has 0 aliphatic carbocycles. The molecule has 4 aromatic carbocycles. The maximum absolute atomic E-state index is 6.07. The normalized spacial score (nSPS) is 12.0. The second-order valence-corrected chi connectivity index (χ2v) is 13.3. The van der Waals surface area contributed by atoms with Crippen molar-refractivity contribution >= 4 is 35.7 Å². The number of nitrogens with zero attached hydrogens (tertiary/aromatic N) is 2. The fraction of sp³-hybridized carbons (Fsp3) is 0.212. The van der Waals surface area contributed by atoms with Crippen LogP contribution in [0.4, 0.5) is 0 Å². The maximum Gasteiger partial charge on any atom is 0.214 e. The Bertz CT molecular complexity index is 1370. The molecular weight excluding hydrogens is 505 g/mol. The Morgan fingerprint density at radius 2 is 1.21 bits per heavy atom. The fourth-order valence-electron chi connectivity index (χ4n) is 5.42. The highest BCUT2D eigenvalue weighted by Crippen LogP contribution is 2.57. The summed E-state index contributed by atoms with van der Waals surface area (Å²) in [6.45, 7) is 13.6. The number of hydrogen-bond donors (Lipinski definition) is 1. The lowest BCUT2D eigenvalue weighted by atomic mass is 10.1. The first-order valence-corrected chi connectivity index (χ1v) is 15.1. The van der Waals surface area contributed by atoms with E-state index in [2.05, 4.69) is 118 Å². The third-order valence-electron chi connectivity index (χ3n) is 6.71. The lowest BCUT2D eigenvalue weighted by Gasteiger charge is -2.28. The van der Waals surface area contributed by atoms with Crippen molar-refractivity contribution in [3.63, 3.8) is 0 Å². The van der Waals surface area contributed by atoms with Crippen LogP contribution >= 0.6 is 19.0 Å². The van der Waals surface area contributed by atoms with E-state index < -0.39 is 7.41 Å². The number of aryl methyl sites for hydroxylation is 6. The van der Waals surface area contributed by atoms with Crippen LogP contribution < -0.4 is 15.8 Å². The maximum atomic E-state index is 6.07. The van der Waals surface area contributed by atoms with Gasteiger partial charge in [0.2, 0.25) is 7.41 Å². The molecule has 0 saturated carbocycles. The molecule has 4 aromatic rings. The minimum atomic E-state index is -2.40. The number of rotatable bonds is 8. The van der Waals surface area contributed by atoms with E-state index in [9.17, 15) is 0 Å². The second kappa shape index (κ2) is 12.1. The Morgan fingerprint density at radius 1 is 0.711 bits per heavy atom. The van der Waals surface area contributed by atoms with Crippen molar-refractivity contribution in [3.8, 4) is 0 Å². The van der Waals surface area contributed by atoms with Crippen LogP contribution in [0, 0.1) is 41.5 Å². The third kappa shape index (κ3) is 6.23. The summed E-state index contributed by atoms with van der Waals surface area (Å²) in [7, 11) is -2.40. The minimum Gasteiger partial charge on any atom is -0.163 e. The molecule has 0 atom stereocenters. The zero-order valence-corrected chi connectivity index (χ0v) is 24.7. The van der Waals surface area contributed by atoms with Crippen LogP contribution in [0.25, 0.3) is 6.08 Å². The van der Waals surface area contributed by atoms with Gasteiger partial charge in [0, 0.05) is 5.02 Å². The number of halogens is 1. The minimum absolute atomic E-state index is 0.476. The van der Waals surface area contributed by atoms with E-state index >= 15 is 0 Å². The van der Waals surface area contributed by atoms with E-state index in [1.807, 2.05) is 30.3 Å². The van der Waals surface area contributed by atoms with Gasteiger partial charge in [-0.2, -0.15) is 10.3 Å². The molecule has 0 aromatic heterocycles. The molecule has 38 heavy (non-hydrogen) atoms. The summed E-state index contributed by atoms with van der Waals surface area (Å²) in [6, 6.07) is 27.3. The molecule has 0 unspecified atom stereocenters. The van der Waals surface area contributed by atoms with Crippen LogP contribution in [0.3, 0.4) is 0 Å². The Balaban J connectivity index is 1.92. The van der Waals surface area contributed by atoms with E-state index in [1.165, 1.54) is 44.0 Å². The van der Waals surface area contributed by atoms with Crippen molar-refractivity contribution in [2.24, 2.45) is 10.3 Å². The van der Waals surface area contributed by atoms with Gasteiger partial charge < -0.3 is 0 Å². The zero-order chi connectivity index (χ0) is 27.3. The molecule has 4 rings (SSSR count). The summed E-state index contributed by atoms with van der Waals surface area (Å²) in [6.07, 6.45) is 2.23. The first kappa shape index (κ1) is 27.8. The van der Waals surface area contributed by atoms with E-state index in [-0.39, 0.29) is 0 Å². The molecule has 1 N–H and O–H groups in total.